The maximum Gasteiger partial charge on any atom is 0.182 e. The van der Waals surface area contributed by atoms with Gasteiger partial charge in [-0.2, -0.15) is 5.10 Å². The van der Waals surface area contributed by atoms with Gasteiger partial charge in [-0.05, 0) is 24.6 Å². The van der Waals surface area contributed by atoms with Gasteiger partial charge in [0.2, 0.25) is 0 Å². The molecule has 5 nitrogen and oxygen atoms in total. The summed E-state index contributed by atoms with van der Waals surface area (Å²) < 4.78 is 7.08. The number of Topliss-reactive ketones (excluding diaryl/α,β-unsaturated/α-hetero) is 1. The number of ether oxygens (including phenoxy) is 1. The van der Waals surface area contributed by atoms with E-state index in [1.54, 1.807) is 23.9 Å². The first kappa shape index (κ1) is 14.3. The number of aromatic nitrogens is 3. The lowest BCUT2D eigenvalue weighted by Gasteiger charge is -2.09. The normalized spacial score (nSPS) is 10.9. The lowest BCUT2D eigenvalue weighted by Crippen LogP contribution is -2.00. The van der Waals surface area contributed by atoms with E-state index in [-0.39, 0.29) is 5.78 Å². The van der Waals surface area contributed by atoms with Gasteiger partial charge in [-0.25, -0.2) is 9.50 Å². The Kier molecular flexibility index (Phi) is 3.63. The second-order valence-electron chi connectivity index (χ2n) is 5.09. The molecule has 0 saturated carbocycles. The van der Waals surface area contributed by atoms with Gasteiger partial charge in [0, 0.05) is 24.2 Å². The topological polar surface area (TPSA) is 56.5 Å². The molecule has 0 saturated heterocycles. The molecule has 3 aromatic rings. The van der Waals surface area contributed by atoms with Gasteiger partial charge in [-0.1, -0.05) is 19.1 Å². The number of carbonyl (C=O) groups is 1. The van der Waals surface area contributed by atoms with Crippen molar-refractivity contribution >= 4 is 11.4 Å². The Bertz CT molecular complexity index is 852. The number of nitrogens with zero attached hydrogens (tertiary/aromatic N) is 3. The fourth-order valence-corrected chi connectivity index (χ4v) is 2.41. The van der Waals surface area contributed by atoms with E-state index in [2.05, 4.69) is 10.1 Å². The van der Waals surface area contributed by atoms with Crippen LogP contribution in [-0.4, -0.2) is 27.5 Å². The smallest absolute Gasteiger partial charge is 0.182 e. The molecule has 0 aliphatic heterocycles. The minimum Gasteiger partial charge on any atom is -0.496 e. The maximum atomic E-state index is 11.9. The molecule has 0 aliphatic carbocycles. The van der Waals surface area contributed by atoms with Crippen LogP contribution >= 0.6 is 0 Å². The van der Waals surface area contributed by atoms with Gasteiger partial charge in [0.25, 0.3) is 0 Å². The Balaban J connectivity index is 2.18. The van der Waals surface area contributed by atoms with E-state index in [1.165, 1.54) is 0 Å². The quantitative estimate of drug-likeness (QED) is 0.693. The second kappa shape index (κ2) is 5.60. The molecule has 0 aliphatic rings. The van der Waals surface area contributed by atoms with E-state index in [4.69, 9.17) is 4.74 Å². The largest absolute Gasteiger partial charge is 0.496 e. The van der Waals surface area contributed by atoms with Gasteiger partial charge >= 0.3 is 0 Å². The van der Waals surface area contributed by atoms with Gasteiger partial charge in [0.05, 0.1) is 12.8 Å². The van der Waals surface area contributed by atoms with E-state index in [9.17, 15) is 4.79 Å². The zero-order valence-electron chi connectivity index (χ0n) is 12.8. The third-order valence-electron chi connectivity index (χ3n) is 3.67. The summed E-state index contributed by atoms with van der Waals surface area (Å²) in [4.78, 5) is 16.1. The molecule has 3 rings (SSSR count). The van der Waals surface area contributed by atoms with Gasteiger partial charge in [0.15, 0.2) is 11.4 Å². The van der Waals surface area contributed by atoms with Crippen LogP contribution in [0.4, 0.5) is 0 Å². The van der Waals surface area contributed by atoms with Gasteiger partial charge in [-0.3, -0.25) is 4.79 Å². The summed E-state index contributed by atoms with van der Waals surface area (Å²) in [5, 5.41) is 4.40. The predicted molar refractivity (Wildman–Crippen MR) is 84.3 cm³/mol. The van der Waals surface area contributed by atoms with E-state index >= 15 is 0 Å². The van der Waals surface area contributed by atoms with Gasteiger partial charge in [-0.15, -0.1) is 0 Å². The highest BCUT2D eigenvalue weighted by atomic mass is 16.5. The Labute approximate surface area is 128 Å². The number of hydrogen-bond acceptors (Lipinski definition) is 4. The van der Waals surface area contributed by atoms with Crippen LogP contribution in [0.1, 0.15) is 29.4 Å². The lowest BCUT2D eigenvalue weighted by molar-refractivity contribution is 0.0983. The van der Waals surface area contributed by atoms with Crippen LogP contribution in [-0.2, 0) is 0 Å². The van der Waals surface area contributed by atoms with Crippen LogP contribution in [0.2, 0.25) is 0 Å². The van der Waals surface area contributed by atoms with E-state index in [1.807, 2.05) is 38.1 Å². The summed E-state index contributed by atoms with van der Waals surface area (Å²) in [6.07, 6.45) is 2.15. The number of aryl methyl sites for hydroxylation is 1. The first-order valence-corrected chi connectivity index (χ1v) is 7.17. The van der Waals surface area contributed by atoms with Crippen molar-refractivity contribution in [1.82, 2.24) is 14.6 Å². The molecule has 0 amide bonds. The minimum absolute atomic E-state index is 0.0120. The molecule has 0 spiro atoms. The number of ketones is 1. The summed E-state index contributed by atoms with van der Waals surface area (Å²) in [6.45, 7) is 3.82. The summed E-state index contributed by atoms with van der Waals surface area (Å²) >= 11 is 0. The molecule has 2 aromatic heterocycles. The van der Waals surface area contributed by atoms with Crippen LogP contribution < -0.4 is 4.74 Å². The lowest BCUT2D eigenvalue weighted by atomic mass is 10.1. The molecule has 0 bridgehead atoms. The molecule has 2 heterocycles. The van der Waals surface area contributed by atoms with E-state index in [0.29, 0.717) is 17.8 Å². The third kappa shape index (κ3) is 2.35. The molecule has 0 unspecified atom stereocenters. The molecule has 22 heavy (non-hydrogen) atoms. The zero-order valence-corrected chi connectivity index (χ0v) is 12.8. The average Bonchev–Trinajstić information content (AvgIpc) is 2.98. The summed E-state index contributed by atoms with van der Waals surface area (Å²) in [6, 6.07) is 9.58. The molecule has 5 heteroatoms. The summed E-state index contributed by atoms with van der Waals surface area (Å²) in [5.74, 6) is 0.831. The van der Waals surface area contributed by atoms with Crippen molar-refractivity contribution in [3.63, 3.8) is 0 Å². The Hall–Kier alpha value is -2.69. The number of hydrogen-bond donors (Lipinski definition) is 0. The van der Waals surface area contributed by atoms with Crippen LogP contribution in [0.3, 0.4) is 0 Å². The zero-order chi connectivity index (χ0) is 15.7. The average molecular weight is 295 g/mol. The summed E-state index contributed by atoms with van der Waals surface area (Å²) in [5.41, 5.74) is 4.01. The maximum absolute atomic E-state index is 11.9. The van der Waals surface area contributed by atoms with E-state index in [0.717, 1.165) is 22.6 Å². The predicted octanol–water partition coefficient (Wildman–Crippen LogP) is 3.31. The molecule has 0 fully saturated rings. The van der Waals surface area contributed by atoms with Crippen LogP contribution in [0, 0.1) is 6.92 Å². The number of benzene rings is 1. The van der Waals surface area contributed by atoms with Crippen LogP contribution in [0.25, 0.3) is 16.9 Å². The van der Waals surface area contributed by atoms with E-state index < -0.39 is 0 Å². The number of rotatable bonds is 4. The minimum atomic E-state index is 0.0120. The van der Waals surface area contributed by atoms with Crippen molar-refractivity contribution in [3.05, 3.63) is 47.8 Å². The SMILES string of the molecule is CCC(=O)c1cc2nccc(-c3ccc(C)c(OC)c3)n2n1. The highest BCUT2D eigenvalue weighted by molar-refractivity contribution is 5.95. The molecule has 0 atom stereocenters. The van der Waals surface area contributed by atoms with Crippen molar-refractivity contribution in [2.45, 2.75) is 20.3 Å². The van der Waals surface area contributed by atoms with Crippen molar-refractivity contribution in [2.24, 2.45) is 0 Å². The number of fused-ring (bicyclic) bond motifs is 1. The fourth-order valence-electron chi connectivity index (χ4n) is 2.41. The van der Waals surface area contributed by atoms with Crippen molar-refractivity contribution in [2.75, 3.05) is 7.11 Å². The highest BCUT2D eigenvalue weighted by Gasteiger charge is 2.13. The molecule has 1 aromatic carbocycles. The highest BCUT2D eigenvalue weighted by Crippen LogP contribution is 2.27. The summed E-state index contributed by atoms with van der Waals surface area (Å²) in [7, 11) is 1.65. The Morgan fingerprint density at radius 1 is 1.27 bits per heavy atom. The van der Waals surface area contributed by atoms with Gasteiger partial charge < -0.3 is 4.74 Å². The number of methoxy groups -OCH3 is 1. The first-order chi connectivity index (χ1) is 10.6. The van der Waals surface area contributed by atoms with Gasteiger partial charge in [0.1, 0.15) is 11.4 Å². The first-order valence-electron chi connectivity index (χ1n) is 7.17. The number of carbonyl (C=O) groups excluding carboxylic acids is 1. The molecule has 112 valence electrons. The Morgan fingerprint density at radius 3 is 2.82 bits per heavy atom. The molecular weight excluding hydrogens is 278 g/mol. The third-order valence-corrected chi connectivity index (χ3v) is 3.67. The molecule has 0 radical (unpaired) electrons. The van der Waals surface area contributed by atoms with Crippen LogP contribution in [0.5, 0.6) is 5.75 Å². The van der Waals surface area contributed by atoms with Crippen molar-refractivity contribution in [1.29, 1.82) is 0 Å². The monoisotopic (exact) mass is 295 g/mol. The molecular formula is C17H17N3O2. The fraction of sp³-hybridized carbons (Fsp3) is 0.235. The Morgan fingerprint density at radius 2 is 2.09 bits per heavy atom. The van der Waals surface area contributed by atoms with Crippen molar-refractivity contribution < 1.29 is 9.53 Å². The van der Waals surface area contributed by atoms with Crippen molar-refractivity contribution in [3.8, 4) is 17.0 Å². The standard InChI is InChI=1S/C17H17N3O2/c1-4-15(21)13-10-17-18-8-7-14(20(17)19-13)12-6-5-11(2)16(9-12)22-3/h5-10H,4H2,1-3H3. The molecule has 0 N–H and O–H groups in total. The van der Waals surface area contributed by atoms with Crippen LogP contribution in [0.15, 0.2) is 36.5 Å². The second-order valence-corrected chi connectivity index (χ2v) is 5.09.